The lowest BCUT2D eigenvalue weighted by Gasteiger charge is -2.23. The Morgan fingerprint density at radius 3 is 2.56 bits per heavy atom. The lowest BCUT2D eigenvalue weighted by Crippen LogP contribution is -2.21. The van der Waals surface area contributed by atoms with Gasteiger partial charge in [0.15, 0.2) is 0 Å². The zero-order valence-corrected chi connectivity index (χ0v) is 11.1. The molecule has 1 aromatic rings. The van der Waals surface area contributed by atoms with Crippen LogP contribution in [0.1, 0.15) is 44.1 Å². The van der Waals surface area contributed by atoms with Crippen molar-refractivity contribution in [1.29, 1.82) is 0 Å². The van der Waals surface area contributed by atoms with Crippen LogP contribution in [-0.4, -0.2) is 17.8 Å². The van der Waals surface area contributed by atoms with E-state index in [0.29, 0.717) is 19.1 Å². The smallest absolute Gasteiger partial charge is 0.0776 e. The van der Waals surface area contributed by atoms with Gasteiger partial charge in [-0.1, -0.05) is 62.4 Å². The van der Waals surface area contributed by atoms with Gasteiger partial charge in [0.25, 0.3) is 0 Å². The lowest BCUT2D eigenvalue weighted by atomic mass is 9.85. The molecule has 1 aliphatic carbocycles. The highest BCUT2D eigenvalue weighted by atomic mass is 16.5. The molecule has 18 heavy (non-hydrogen) atoms. The first-order valence-electron chi connectivity index (χ1n) is 7.14. The highest BCUT2D eigenvalue weighted by Crippen LogP contribution is 2.27. The fourth-order valence-corrected chi connectivity index (χ4v) is 2.76. The second-order valence-electron chi connectivity index (χ2n) is 5.39. The zero-order valence-electron chi connectivity index (χ0n) is 11.1. The predicted molar refractivity (Wildman–Crippen MR) is 73.3 cm³/mol. The van der Waals surface area contributed by atoms with Crippen molar-refractivity contribution < 1.29 is 9.84 Å². The molecule has 100 valence electrons. The molecule has 1 aromatic carbocycles. The molecule has 2 nitrogen and oxygen atoms in total. The minimum Gasteiger partial charge on any atom is -0.391 e. The number of aliphatic hydroxyl groups excluding tert-OH is 1. The van der Waals surface area contributed by atoms with Crippen LogP contribution in [0.5, 0.6) is 0 Å². The lowest BCUT2D eigenvalue weighted by molar-refractivity contribution is 0.0137. The Hall–Kier alpha value is -0.860. The molecule has 0 aliphatic heterocycles. The van der Waals surface area contributed by atoms with Crippen LogP contribution in [0.4, 0.5) is 0 Å². The fraction of sp³-hybridized carbons (Fsp3) is 0.625. The standard InChI is InChI=1S/C16H24O2/c17-16(11-14-7-3-1-4-8-14)13-18-12-15-9-5-2-6-10-15/h2,5-6,9-10,14,16-17H,1,3-4,7-8,11-13H2. The van der Waals surface area contributed by atoms with Crippen molar-refractivity contribution in [2.24, 2.45) is 5.92 Å². The topological polar surface area (TPSA) is 29.5 Å². The van der Waals surface area contributed by atoms with Gasteiger partial charge >= 0.3 is 0 Å². The van der Waals surface area contributed by atoms with Crippen LogP contribution in [0.3, 0.4) is 0 Å². The normalized spacial score (nSPS) is 18.7. The summed E-state index contributed by atoms with van der Waals surface area (Å²) in [4.78, 5) is 0. The molecule has 0 bridgehead atoms. The molecule has 0 spiro atoms. The van der Waals surface area contributed by atoms with E-state index in [1.54, 1.807) is 0 Å². The average Bonchev–Trinajstić information content (AvgIpc) is 2.41. The summed E-state index contributed by atoms with van der Waals surface area (Å²) in [6.07, 6.45) is 7.24. The number of benzene rings is 1. The third-order valence-corrected chi connectivity index (χ3v) is 3.75. The molecule has 1 fully saturated rings. The summed E-state index contributed by atoms with van der Waals surface area (Å²) >= 11 is 0. The van der Waals surface area contributed by atoms with E-state index < -0.39 is 0 Å². The Bertz CT molecular complexity index is 317. The van der Waals surface area contributed by atoms with Gasteiger partial charge in [0.05, 0.1) is 19.3 Å². The molecule has 2 rings (SSSR count). The van der Waals surface area contributed by atoms with Crippen LogP contribution in [0.2, 0.25) is 0 Å². The molecule has 0 amide bonds. The van der Waals surface area contributed by atoms with Gasteiger partial charge in [-0.25, -0.2) is 0 Å². The molecule has 1 N–H and O–H groups in total. The summed E-state index contributed by atoms with van der Waals surface area (Å²) < 4.78 is 5.57. The van der Waals surface area contributed by atoms with E-state index in [-0.39, 0.29) is 6.10 Å². The van der Waals surface area contributed by atoms with Gasteiger partial charge in [0.1, 0.15) is 0 Å². The summed E-state index contributed by atoms with van der Waals surface area (Å²) in [6, 6.07) is 10.1. The SMILES string of the molecule is OC(COCc1ccccc1)CC1CCCCC1. The number of aliphatic hydroxyl groups is 1. The number of hydrogen-bond acceptors (Lipinski definition) is 2. The summed E-state index contributed by atoms with van der Waals surface area (Å²) in [7, 11) is 0. The quantitative estimate of drug-likeness (QED) is 0.834. The molecule has 1 saturated carbocycles. The van der Waals surface area contributed by atoms with Crippen molar-refractivity contribution >= 4 is 0 Å². The third-order valence-electron chi connectivity index (χ3n) is 3.75. The Kier molecular flexibility index (Phi) is 5.69. The van der Waals surface area contributed by atoms with E-state index in [1.807, 2.05) is 30.3 Å². The maximum Gasteiger partial charge on any atom is 0.0776 e. The highest BCUT2D eigenvalue weighted by molar-refractivity contribution is 5.13. The van der Waals surface area contributed by atoms with Crippen molar-refractivity contribution in [2.45, 2.75) is 51.2 Å². The molecule has 0 aromatic heterocycles. The molecule has 0 saturated heterocycles. The van der Waals surface area contributed by atoms with Crippen molar-refractivity contribution in [2.75, 3.05) is 6.61 Å². The highest BCUT2D eigenvalue weighted by Gasteiger charge is 2.17. The summed E-state index contributed by atoms with van der Waals surface area (Å²) in [5.41, 5.74) is 1.17. The average molecular weight is 248 g/mol. The summed E-state index contributed by atoms with van der Waals surface area (Å²) in [6.45, 7) is 1.06. The number of ether oxygens (including phenoxy) is 1. The molecule has 1 atom stereocenters. The van der Waals surface area contributed by atoms with Crippen LogP contribution >= 0.6 is 0 Å². The molecule has 2 heteroatoms. The fourth-order valence-electron chi connectivity index (χ4n) is 2.76. The van der Waals surface area contributed by atoms with Gasteiger partial charge in [-0.3, -0.25) is 0 Å². The maximum absolute atomic E-state index is 9.95. The predicted octanol–water partition coefficient (Wildman–Crippen LogP) is 3.53. The van der Waals surface area contributed by atoms with Gasteiger partial charge in [-0.2, -0.15) is 0 Å². The molecule has 1 aliphatic rings. The van der Waals surface area contributed by atoms with Crippen molar-refractivity contribution in [3.8, 4) is 0 Å². The van der Waals surface area contributed by atoms with Crippen molar-refractivity contribution in [3.05, 3.63) is 35.9 Å². The second kappa shape index (κ2) is 7.55. The first-order chi connectivity index (χ1) is 8.84. The molecule has 0 heterocycles. The number of rotatable bonds is 6. The van der Waals surface area contributed by atoms with Gasteiger partial charge in [-0.15, -0.1) is 0 Å². The zero-order chi connectivity index (χ0) is 12.6. The molecule has 1 unspecified atom stereocenters. The minimum absolute atomic E-state index is 0.295. The molecular formula is C16H24O2. The van der Waals surface area contributed by atoms with Gasteiger partial charge in [0.2, 0.25) is 0 Å². The Labute approximate surface area is 110 Å². The van der Waals surface area contributed by atoms with Crippen LogP contribution in [0.15, 0.2) is 30.3 Å². The minimum atomic E-state index is -0.295. The van der Waals surface area contributed by atoms with Gasteiger partial charge in [-0.05, 0) is 17.9 Å². The first kappa shape index (κ1) is 13.6. The van der Waals surface area contributed by atoms with Crippen LogP contribution in [0.25, 0.3) is 0 Å². The van der Waals surface area contributed by atoms with E-state index >= 15 is 0 Å². The van der Waals surface area contributed by atoms with E-state index in [4.69, 9.17) is 4.74 Å². The molecule has 0 radical (unpaired) electrons. The van der Waals surface area contributed by atoms with E-state index in [1.165, 1.54) is 37.7 Å². The monoisotopic (exact) mass is 248 g/mol. The van der Waals surface area contributed by atoms with Crippen molar-refractivity contribution in [3.63, 3.8) is 0 Å². The molecular weight excluding hydrogens is 224 g/mol. The largest absolute Gasteiger partial charge is 0.391 e. The van der Waals surface area contributed by atoms with E-state index in [9.17, 15) is 5.11 Å². The van der Waals surface area contributed by atoms with Crippen LogP contribution < -0.4 is 0 Å². The number of hydrogen-bond donors (Lipinski definition) is 1. The Balaban J connectivity index is 1.61. The Morgan fingerprint density at radius 1 is 1.11 bits per heavy atom. The van der Waals surface area contributed by atoms with Crippen LogP contribution in [-0.2, 0) is 11.3 Å². The van der Waals surface area contributed by atoms with Crippen molar-refractivity contribution in [1.82, 2.24) is 0 Å². The summed E-state index contributed by atoms with van der Waals surface area (Å²) in [5, 5.41) is 9.95. The van der Waals surface area contributed by atoms with E-state index in [2.05, 4.69) is 0 Å². The second-order valence-corrected chi connectivity index (χ2v) is 5.39. The van der Waals surface area contributed by atoms with Gasteiger partial charge < -0.3 is 9.84 Å². The third kappa shape index (κ3) is 4.79. The summed E-state index contributed by atoms with van der Waals surface area (Å²) in [5.74, 6) is 0.717. The Morgan fingerprint density at radius 2 is 1.83 bits per heavy atom. The van der Waals surface area contributed by atoms with E-state index in [0.717, 1.165) is 6.42 Å². The first-order valence-corrected chi connectivity index (χ1v) is 7.14. The van der Waals surface area contributed by atoms with Crippen LogP contribution in [0, 0.1) is 5.92 Å². The van der Waals surface area contributed by atoms with Gasteiger partial charge in [0, 0.05) is 0 Å². The maximum atomic E-state index is 9.95.